The third-order valence-corrected chi connectivity index (χ3v) is 4.92. The van der Waals surface area contributed by atoms with Gasteiger partial charge in [0.05, 0.1) is 39.1 Å². The number of ether oxygens (including phenoxy) is 3. The highest BCUT2D eigenvalue weighted by molar-refractivity contribution is 5.93. The van der Waals surface area contributed by atoms with E-state index in [1.165, 1.54) is 39.5 Å². The first-order valence-corrected chi connectivity index (χ1v) is 10.4. The van der Waals surface area contributed by atoms with Crippen LogP contribution in [0.25, 0.3) is 0 Å². The molecule has 0 heterocycles. The molecule has 186 valence electrons. The van der Waals surface area contributed by atoms with Gasteiger partial charge in [-0.15, -0.1) is 0 Å². The van der Waals surface area contributed by atoms with Crippen molar-refractivity contribution in [2.24, 2.45) is 0 Å². The van der Waals surface area contributed by atoms with Crippen molar-refractivity contribution < 1.29 is 37.0 Å². The monoisotopic (exact) mass is 483 g/mol. The number of hydrogen-bond donors (Lipinski definition) is 2. The molecule has 0 fully saturated rings. The standard InChI is InChI=1S/C23H28F3N3O5/c1-5-29(14-21(31)28-17-9-7-6-8-16(17)23(24,25)26)11-10-20(30)27-15-12-18(32-2)22(34-4)19(13-15)33-3/h6-9,12-13H,5,10-11,14H2,1-4H3,(H,27,30)(H,28,31). The second-order valence-corrected chi connectivity index (χ2v) is 7.17. The van der Waals surface area contributed by atoms with Gasteiger partial charge in [-0.1, -0.05) is 19.1 Å². The number of rotatable bonds is 11. The number of alkyl halides is 3. The SMILES string of the molecule is CCN(CCC(=O)Nc1cc(OC)c(OC)c(OC)c1)CC(=O)Nc1ccccc1C(F)(F)F. The quantitative estimate of drug-likeness (QED) is 0.502. The van der Waals surface area contributed by atoms with Crippen LogP contribution < -0.4 is 24.8 Å². The minimum Gasteiger partial charge on any atom is -0.493 e. The zero-order valence-electron chi connectivity index (χ0n) is 19.4. The van der Waals surface area contributed by atoms with Gasteiger partial charge >= 0.3 is 6.18 Å². The number of para-hydroxylation sites is 1. The highest BCUT2D eigenvalue weighted by Crippen LogP contribution is 2.40. The number of amides is 2. The van der Waals surface area contributed by atoms with Gasteiger partial charge in [-0.3, -0.25) is 14.5 Å². The van der Waals surface area contributed by atoms with Crippen LogP contribution in [0, 0.1) is 0 Å². The smallest absolute Gasteiger partial charge is 0.418 e. The Morgan fingerprint density at radius 1 is 0.941 bits per heavy atom. The van der Waals surface area contributed by atoms with Gasteiger partial charge in [0.25, 0.3) is 0 Å². The predicted octanol–water partition coefficient (Wildman–Crippen LogP) is 4.02. The summed E-state index contributed by atoms with van der Waals surface area (Å²) < 4.78 is 55.1. The van der Waals surface area contributed by atoms with Crippen molar-refractivity contribution in [2.45, 2.75) is 19.5 Å². The number of methoxy groups -OCH3 is 3. The molecule has 0 aromatic heterocycles. The van der Waals surface area contributed by atoms with Crippen molar-refractivity contribution in [3.63, 3.8) is 0 Å². The third-order valence-electron chi connectivity index (χ3n) is 4.92. The number of nitrogens with one attached hydrogen (secondary N) is 2. The van der Waals surface area contributed by atoms with Gasteiger partial charge in [0.1, 0.15) is 0 Å². The van der Waals surface area contributed by atoms with E-state index in [4.69, 9.17) is 14.2 Å². The molecule has 2 aromatic carbocycles. The van der Waals surface area contributed by atoms with Gasteiger partial charge in [0.2, 0.25) is 17.6 Å². The zero-order valence-corrected chi connectivity index (χ0v) is 19.4. The molecule has 8 nitrogen and oxygen atoms in total. The Kier molecular flexibility index (Phi) is 9.55. The molecule has 2 N–H and O–H groups in total. The van der Waals surface area contributed by atoms with E-state index in [0.717, 1.165) is 6.07 Å². The average Bonchev–Trinajstić information content (AvgIpc) is 2.80. The number of nitrogens with zero attached hydrogens (tertiary/aromatic N) is 1. The fraction of sp³-hybridized carbons (Fsp3) is 0.391. The van der Waals surface area contributed by atoms with Crippen LogP contribution in [0.1, 0.15) is 18.9 Å². The molecule has 2 aromatic rings. The van der Waals surface area contributed by atoms with E-state index < -0.39 is 17.6 Å². The molecule has 2 rings (SSSR count). The Morgan fingerprint density at radius 3 is 2.09 bits per heavy atom. The van der Waals surface area contributed by atoms with Gasteiger partial charge in [0.15, 0.2) is 11.5 Å². The highest BCUT2D eigenvalue weighted by atomic mass is 19.4. The Balaban J connectivity index is 1.96. The predicted molar refractivity (Wildman–Crippen MR) is 122 cm³/mol. The van der Waals surface area contributed by atoms with E-state index in [9.17, 15) is 22.8 Å². The lowest BCUT2D eigenvalue weighted by atomic mass is 10.1. The molecule has 0 saturated carbocycles. The van der Waals surface area contributed by atoms with Crippen molar-refractivity contribution >= 4 is 23.2 Å². The summed E-state index contributed by atoms with van der Waals surface area (Å²) in [7, 11) is 4.39. The second-order valence-electron chi connectivity index (χ2n) is 7.17. The maximum Gasteiger partial charge on any atom is 0.418 e. The molecule has 2 amide bonds. The number of halogens is 3. The van der Waals surface area contributed by atoms with E-state index in [2.05, 4.69) is 10.6 Å². The van der Waals surface area contributed by atoms with Gasteiger partial charge in [-0.25, -0.2) is 0 Å². The summed E-state index contributed by atoms with van der Waals surface area (Å²) in [4.78, 5) is 26.4. The molecular formula is C23H28F3N3O5. The van der Waals surface area contributed by atoms with Crippen LogP contribution in [0.5, 0.6) is 17.2 Å². The Hall–Kier alpha value is -3.47. The lowest BCUT2D eigenvalue weighted by Crippen LogP contribution is -2.35. The van der Waals surface area contributed by atoms with E-state index in [1.54, 1.807) is 24.0 Å². The van der Waals surface area contributed by atoms with E-state index in [1.807, 2.05) is 0 Å². The number of carbonyl (C=O) groups excluding carboxylic acids is 2. The molecule has 0 bridgehead atoms. The summed E-state index contributed by atoms with van der Waals surface area (Å²) in [6.45, 7) is 2.26. The Labute approximate surface area is 196 Å². The molecule has 34 heavy (non-hydrogen) atoms. The van der Waals surface area contributed by atoms with Gasteiger partial charge in [0, 0.05) is 30.8 Å². The van der Waals surface area contributed by atoms with Crippen LogP contribution >= 0.6 is 0 Å². The van der Waals surface area contributed by atoms with Crippen molar-refractivity contribution in [3.8, 4) is 17.2 Å². The molecule has 0 spiro atoms. The molecule has 0 radical (unpaired) electrons. The van der Waals surface area contributed by atoms with Crippen LogP contribution in [0.3, 0.4) is 0 Å². The molecule has 0 saturated heterocycles. The molecule has 0 unspecified atom stereocenters. The topological polar surface area (TPSA) is 89.1 Å². The molecule has 11 heteroatoms. The van der Waals surface area contributed by atoms with Crippen molar-refractivity contribution in [1.82, 2.24) is 4.90 Å². The Bertz CT molecular complexity index is 973. The normalized spacial score (nSPS) is 11.2. The number of hydrogen-bond acceptors (Lipinski definition) is 6. The maximum absolute atomic E-state index is 13.1. The van der Waals surface area contributed by atoms with Crippen LogP contribution in [0.2, 0.25) is 0 Å². The van der Waals surface area contributed by atoms with E-state index in [0.29, 0.717) is 29.5 Å². The third kappa shape index (κ3) is 7.27. The summed E-state index contributed by atoms with van der Waals surface area (Å²) in [5.41, 5.74) is -0.795. The summed E-state index contributed by atoms with van der Waals surface area (Å²) in [5, 5.41) is 5.04. The number of likely N-dealkylation sites (N-methyl/N-ethyl adjacent to an activating group) is 1. The number of carbonyl (C=O) groups is 2. The Morgan fingerprint density at radius 2 is 1.56 bits per heavy atom. The first-order valence-electron chi connectivity index (χ1n) is 10.4. The highest BCUT2D eigenvalue weighted by Gasteiger charge is 2.33. The molecule has 0 aliphatic heterocycles. The molecule has 0 aliphatic rings. The fourth-order valence-electron chi connectivity index (χ4n) is 3.22. The van der Waals surface area contributed by atoms with Gasteiger partial charge in [-0.05, 0) is 18.7 Å². The molecular weight excluding hydrogens is 455 g/mol. The van der Waals surface area contributed by atoms with E-state index in [-0.39, 0.29) is 31.1 Å². The van der Waals surface area contributed by atoms with Crippen LogP contribution in [0.15, 0.2) is 36.4 Å². The van der Waals surface area contributed by atoms with E-state index >= 15 is 0 Å². The van der Waals surface area contributed by atoms with Crippen LogP contribution in [0.4, 0.5) is 24.5 Å². The first-order chi connectivity index (χ1) is 16.1. The average molecular weight is 483 g/mol. The zero-order chi connectivity index (χ0) is 25.3. The largest absolute Gasteiger partial charge is 0.493 e. The van der Waals surface area contributed by atoms with Crippen LogP contribution in [-0.2, 0) is 15.8 Å². The van der Waals surface area contributed by atoms with Crippen molar-refractivity contribution in [3.05, 3.63) is 42.0 Å². The fourth-order valence-corrected chi connectivity index (χ4v) is 3.22. The summed E-state index contributed by atoms with van der Waals surface area (Å²) >= 11 is 0. The lowest BCUT2D eigenvalue weighted by Gasteiger charge is -2.20. The minimum atomic E-state index is -4.58. The van der Waals surface area contributed by atoms with Gasteiger partial charge < -0.3 is 24.8 Å². The summed E-state index contributed by atoms with van der Waals surface area (Å²) in [6, 6.07) is 7.94. The maximum atomic E-state index is 13.1. The summed E-state index contributed by atoms with van der Waals surface area (Å²) in [6.07, 6.45) is -4.53. The second kappa shape index (κ2) is 12.1. The van der Waals surface area contributed by atoms with Crippen molar-refractivity contribution in [2.75, 3.05) is 51.6 Å². The molecule has 0 aliphatic carbocycles. The molecule has 0 atom stereocenters. The number of benzene rings is 2. The lowest BCUT2D eigenvalue weighted by molar-refractivity contribution is -0.137. The van der Waals surface area contributed by atoms with Crippen LogP contribution in [-0.4, -0.2) is 57.7 Å². The first kappa shape index (κ1) is 26.8. The summed E-state index contributed by atoms with van der Waals surface area (Å²) in [5.74, 6) is 0.212. The number of anilines is 2. The minimum absolute atomic E-state index is 0.0525. The van der Waals surface area contributed by atoms with Gasteiger partial charge in [-0.2, -0.15) is 13.2 Å². The van der Waals surface area contributed by atoms with Crippen molar-refractivity contribution in [1.29, 1.82) is 0 Å².